The summed E-state index contributed by atoms with van der Waals surface area (Å²) in [5, 5.41) is 9.23. The Morgan fingerprint density at radius 1 is 1.10 bits per heavy atom. The molecule has 0 bridgehead atoms. The van der Waals surface area contributed by atoms with Gasteiger partial charge >= 0.3 is 0 Å². The molecule has 0 saturated carbocycles. The highest BCUT2D eigenvalue weighted by Gasteiger charge is 2.08. The van der Waals surface area contributed by atoms with Crippen molar-refractivity contribution in [3.8, 4) is 17.2 Å². The van der Waals surface area contributed by atoms with Crippen molar-refractivity contribution in [2.24, 2.45) is 5.73 Å². The lowest BCUT2D eigenvalue weighted by Crippen LogP contribution is -2.05. The maximum absolute atomic E-state index is 9.23. The minimum atomic E-state index is -0.0463. The number of benzene rings is 2. The molecule has 106 valence electrons. The molecule has 0 saturated heterocycles. The van der Waals surface area contributed by atoms with Crippen molar-refractivity contribution in [2.75, 3.05) is 7.11 Å². The standard InChI is InChI=1S/C16H19NO3/c1-11(17)13-5-8-15(16(9-13)19-2)20-10-12-3-6-14(18)7-4-12/h3-9,11,18H,10,17H2,1-2H3. The van der Waals surface area contributed by atoms with Crippen LogP contribution in [0.4, 0.5) is 0 Å². The number of ether oxygens (including phenoxy) is 2. The number of aromatic hydroxyl groups is 1. The lowest BCUT2D eigenvalue weighted by molar-refractivity contribution is 0.284. The van der Waals surface area contributed by atoms with Crippen molar-refractivity contribution >= 4 is 0 Å². The molecule has 0 fully saturated rings. The van der Waals surface area contributed by atoms with E-state index in [-0.39, 0.29) is 11.8 Å². The summed E-state index contributed by atoms with van der Waals surface area (Å²) in [5.41, 5.74) is 7.82. The Hall–Kier alpha value is -2.20. The molecular weight excluding hydrogens is 254 g/mol. The van der Waals surface area contributed by atoms with Crippen LogP contribution in [-0.4, -0.2) is 12.2 Å². The van der Waals surface area contributed by atoms with E-state index in [0.717, 1.165) is 11.1 Å². The molecule has 0 radical (unpaired) electrons. The average Bonchev–Trinajstić information content (AvgIpc) is 2.46. The van der Waals surface area contributed by atoms with E-state index in [1.807, 2.05) is 37.3 Å². The third-order valence-corrected chi connectivity index (χ3v) is 3.04. The fourth-order valence-corrected chi connectivity index (χ4v) is 1.84. The molecule has 4 nitrogen and oxygen atoms in total. The Kier molecular flexibility index (Phi) is 4.48. The molecule has 2 aromatic rings. The highest BCUT2D eigenvalue weighted by atomic mass is 16.5. The predicted molar refractivity (Wildman–Crippen MR) is 78.0 cm³/mol. The Bertz CT molecular complexity index is 564. The van der Waals surface area contributed by atoms with Crippen LogP contribution in [0.1, 0.15) is 24.1 Å². The molecule has 0 heterocycles. The van der Waals surface area contributed by atoms with Crippen LogP contribution >= 0.6 is 0 Å². The quantitative estimate of drug-likeness (QED) is 0.879. The normalized spacial score (nSPS) is 11.9. The topological polar surface area (TPSA) is 64.7 Å². The van der Waals surface area contributed by atoms with Crippen molar-refractivity contribution in [1.29, 1.82) is 0 Å². The number of nitrogens with two attached hydrogens (primary N) is 1. The summed E-state index contributed by atoms with van der Waals surface area (Å²) in [7, 11) is 1.60. The third kappa shape index (κ3) is 3.42. The van der Waals surface area contributed by atoms with Gasteiger partial charge in [0.25, 0.3) is 0 Å². The summed E-state index contributed by atoms with van der Waals surface area (Å²) < 4.78 is 11.1. The largest absolute Gasteiger partial charge is 0.508 e. The number of rotatable bonds is 5. The fraction of sp³-hybridized carbons (Fsp3) is 0.250. The number of methoxy groups -OCH3 is 1. The van der Waals surface area contributed by atoms with Crippen LogP contribution in [0.5, 0.6) is 17.2 Å². The molecule has 0 spiro atoms. The second-order valence-corrected chi connectivity index (χ2v) is 4.65. The molecule has 20 heavy (non-hydrogen) atoms. The molecule has 0 aromatic heterocycles. The van der Waals surface area contributed by atoms with Gasteiger partial charge in [-0.3, -0.25) is 0 Å². The van der Waals surface area contributed by atoms with Crippen LogP contribution in [0, 0.1) is 0 Å². The van der Waals surface area contributed by atoms with Crippen molar-refractivity contribution in [2.45, 2.75) is 19.6 Å². The van der Waals surface area contributed by atoms with Gasteiger partial charge in [0.05, 0.1) is 7.11 Å². The van der Waals surface area contributed by atoms with Gasteiger partial charge in [-0.1, -0.05) is 18.2 Å². The van der Waals surface area contributed by atoms with Crippen LogP contribution in [0.25, 0.3) is 0 Å². The molecule has 1 unspecified atom stereocenters. The van der Waals surface area contributed by atoms with Crippen molar-refractivity contribution in [1.82, 2.24) is 0 Å². The number of phenolic OH excluding ortho intramolecular Hbond substituents is 1. The highest BCUT2D eigenvalue weighted by molar-refractivity contribution is 5.43. The van der Waals surface area contributed by atoms with Crippen LogP contribution < -0.4 is 15.2 Å². The van der Waals surface area contributed by atoms with Gasteiger partial charge in [0.15, 0.2) is 11.5 Å². The summed E-state index contributed by atoms with van der Waals surface area (Å²) in [4.78, 5) is 0. The minimum Gasteiger partial charge on any atom is -0.508 e. The van der Waals surface area contributed by atoms with E-state index in [1.165, 1.54) is 0 Å². The van der Waals surface area contributed by atoms with E-state index in [1.54, 1.807) is 19.2 Å². The van der Waals surface area contributed by atoms with Crippen molar-refractivity contribution in [3.05, 3.63) is 53.6 Å². The first kappa shape index (κ1) is 14.2. The van der Waals surface area contributed by atoms with Crippen LogP contribution in [0.15, 0.2) is 42.5 Å². The van der Waals surface area contributed by atoms with E-state index < -0.39 is 0 Å². The molecule has 1 atom stereocenters. The first-order valence-electron chi connectivity index (χ1n) is 6.44. The van der Waals surface area contributed by atoms with E-state index in [4.69, 9.17) is 15.2 Å². The number of phenols is 1. The van der Waals surface area contributed by atoms with E-state index in [9.17, 15) is 5.11 Å². The Morgan fingerprint density at radius 3 is 2.40 bits per heavy atom. The lowest BCUT2D eigenvalue weighted by atomic mass is 10.1. The monoisotopic (exact) mass is 273 g/mol. The van der Waals surface area contributed by atoms with Gasteiger partial charge in [0, 0.05) is 6.04 Å². The van der Waals surface area contributed by atoms with Crippen LogP contribution in [-0.2, 0) is 6.61 Å². The molecule has 2 aromatic carbocycles. The maximum Gasteiger partial charge on any atom is 0.161 e. The average molecular weight is 273 g/mol. The van der Waals surface area contributed by atoms with Crippen LogP contribution in [0.3, 0.4) is 0 Å². The Labute approximate surface area is 118 Å². The summed E-state index contributed by atoms with van der Waals surface area (Å²) in [6.45, 7) is 2.33. The molecule has 0 amide bonds. The summed E-state index contributed by atoms with van der Waals surface area (Å²) in [6, 6.07) is 12.5. The zero-order valence-electron chi connectivity index (χ0n) is 11.7. The smallest absolute Gasteiger partial charge is 0.161 e. The highest BCUT2D eigenvalue weighted by Crippen LogP contribution is 2.30. The summed E-state index contributed by atoms with van der Waals surface area (Å²) in [5.74, 6) is 1.58. The molecule has 0 aliphatic heterocycles. The van der Waals surface area contributed by atoms with E-state index in [0.29, 0.717) is 18.1 Å². The number of hydrogen-bond donors (Lipinski definition) is 2. The summed E-state index contributed by atoms with van der Waals surface area (Å²) in [6.07, 6.45) is 0. The maximum atomic E-state index is 9.23. The van der Waals surface area contributed by atoms with E-state index in [2.05, 4.69) is 0 Å². The third-order valence-electron chi connectivity index (χ3n) is 3.04. The fourth-order valence-electron chi connectivity index (χ4n) is 1.84. The van der Waals surface area contributed by atoms with Gasteiger partial charge in [-0.2, -0.15) is 0 Å². The number of hydrogen-bond acceptors (Lipinski definition) is 4. The molecule has 2 rings (SSSR count). The molecule has 4 heteroatoms. The summed E-state index contributed by atoms with van der Waals surface area (Å²) >= 11 is 0. The minimum absolute atomic E-state index is 0.0463. The first-order valence-corrected chi connectivity index (χ1v) is 6.44. The zero-order chi connectivity index (χ0) is 14.5. The Morgan fingerprint density at radius 2 is 1.80 bits per heavy atom. The van der Waals surface area contributed by atoms with Gasteiger partial charge in [0.1, 0.15) is 12.4 Å². The Balaban J connectivity index is 2.10. The zero-order valence-corrected chi connectivity index (χ0v) is 11.7. The van der Waals surface area contributed by atoms with Gasteiger partial charge in [0.2, 0.25) is 0 Å². The SMILES string of the molecule is COc1cc(C(C)N)ccc1OCc1ccc(O)cc1. The van der Waals surface area contributed by atoms with Gasteiger partial charge < -0.3 is 20.3 Å². The van der Waals surface area contributed by atoms with E-state index >= 15 is 0 Å². The molecule has 3 N–H and O–H groups in total. The molecule has 0 aliphatic carbocycles. The van der Waals surface area contributed by atoms with Gasteiger partial charge in [-0.15, -0.1) is 0 Å². The second-order valence-electron chi connectivity index (χ2n) is 4.65. The van der Waals surface area contributed by atoms with Crippen molar-refractivity contribution < 1.29 is 14.6 Å². The lowest BCUT2D eigenvalue weighted by Gasteiger charge is -2.13. The van der Waals surface area contributed by atoms with Crippen molar-refractivity contribution in [3.63, 3.8) is 0 Å². The second kappa shape index (κ2) is 6.30. The molecule has 0 aliphatic rings. The predicted octanol–water partition coefficient (Wildman–Crippen LogP) is 3.00. The van der Waals surface area contributed by atoms with Gasteiger partial charge in [-0.25, -0.2) is 0 Å². The molecular formula is C16H19NO3. The van der Waals surface area contributed by atoms with Gasteiger partial charge in [-0.05, 0) is 42.3 Å². The van der Waals surface area contributed by atoms with Crippen LogP contribution in [0.2, 0.25) is 0 Å². The first-order chi connectivity index (χ1) is 9.60.